The fourth-order valence-electron chi connectivity index (χ4n) is 2.60. The molecule has 0 unspecified atom stereocenters. The molecule has 3 aromatic carbocycles. The van der Waals surface area contributed by atoms with E-state index < -0.39 is 16.0 Å². The predicted octanol–water partition coefficient (Wildman–Crippen LogP) is 3.91. The van der Waals surface area contributed by atoms with Crippen LogP contribution < -0.4 is 9.04 Å². The Kier molecular flexibility index (Phi) is 5.66. The van der Waals surface area contributed by atoms with Gasteiger partial charge in [-0.15, -0.1) is 0 Å². The monoisotopic (exact) mass is 406 g/mol. The maximum atomic E-state index is 13.0. The first-order chi connectivity index (χ1) is 13.8. The van der Waals surface area contributed by atoms with Crippen LogP contribution in [0.1, 0.15) is 21.5 Å². The molecule has 0 N–H and O–H groups in total. The summed E-state index contributed by atoms with van der Waals surface area (Å²) in [5.74, 6) is -0.427. The maximum absolute atomic E-state index is 13.0. The van der Waals surface area contributed by atoms with Gasteiger partial charge in [0.2, 0.25) is 0 Å². The van der Waals surface area contributed by atoms with Gasteiger partial charge in [0.25, 0.3) is 10.0 Å². The Morgan fingerprint density at radius 1 is 1.00 bits per heavy atom. The quantitative estimate of drug-likeness (QED) is 0.473. The van der Waals surface area contributed by atoms with E-state index in [0.29, 0.717) is 11.3 Å². The molecule has 0 aliphatic heterocycles. The average molecular weight is 406 g/mol. The molecule has 146 valence electrons. The smallest absolute Gasteiger partial charge is 0.343 e. The summed E-state index contributed by atoms with van der Waals surface area (Å²) >= 11 is 0. The Labute approximate surface area is 169 Å². The van der Waals surface area contributed by atoms with Gasteiger partial charge in [-0.25, -0.2) is 13.2 Å². The molecule has 0 saturated heterocycles. The summed E-state index contributed by atoms with van der Waals surface area (Å²) in [7, 11) is -2.39. The van der Waals surface area contributed by atoms with Crippen LogP contribution in [0.2, 0.25) is 0 Å². The second-order valence-electron chi connectivity index (χ2n) is 6.36. The Morgan fingerprint density at radius 3 is 2.28 bits per heavy atom. The summed E-state index contributed by atoms with van der Waals surface area (Å²) in [5, 5.41) is 8.82. The third kappa shape index (κ3) is 4.45. The highest BCUT2D eigenvalue weighted by Gasteiger charge is 2.23. The second kappa shape index (κ2) is 8.17. The molecule has 3 aromatic rings. The van der Waals surface area contributed by atoms with Crippen LogP contribution in [-0.2, 0) is 10.0 Å². The first-order valence-corrected chi connectivity index (χ1v) is 10.1. The van der Waals surface area contributed by atoms with Crippen LogP contribution in [0.3, 0.4) is 0 Å². The molecule has 0 radical (unpaired) electrons. The van der Waals surface area contributed by atoms with E-state index in [1.54, 1.807) is 12.1 Å². The lowest BCUT2D eigenvalue weighted by Crippen LogP contribution is -2.26. The molecule has 0 spiro atoms. The lowest BCUT2D eigenvalue weighted by Gasteiger charge is -2.20. The number of hydrogen-bond acceptors (Lipinski definition) is 5. The topological polar surface area (TPSA) is 87.5 Å². The van der Waals surface area contributed by atoms with Crippen molar-refractivity contribution < 1.29 is 17.9 Å². The molecule has 0 aliphatic rings. The van der Waals surface area contributed by atoms with Crippen LogP contribution in [0.4, 0.5) is 5.69 Å². The minimum absolute atomic E-state index is 0.0187. The van der Waals surface area contributed by atoms with Crippen molar-refractivity contribution in [2.24, 2.45) is 0 Å². The molecular weight excluding hydrogens is 388 g/mol. The molecule has 6 nitrogen and oxygen atoms in total. The van der Waals surface area contributed by atoms with Crippen LogP contribution in [0.5, 0.6) is 5.75 Å². The fourth-order valence-corrected chi connectivity index (χ4v) is 3.84. The van der Waals surface area contributed by atoms with Gasteiger partial charge in [-0.1, -0.05) is 23.8 Å². The summed E-state index contributed by atoms with van der Waals surface area (Å²) in [6.07, 6.45) is 0. The molecule has 0 amide bonds. The van der Waals surface area contributed by atoms with Gasteiger partial charge in [0, 0.05) is 7.05 Å². The van der Waals surface area contributed by atoms with Gasteiger partial charge >= 0.3 is 5.97 Å². The van der Waals surface area contributed by atoms with E-state index in [-0.39, 0.29) is 16.2 Å². The Bertz CT molecular complexity index is 1180. The van der Waals surface area contributed by atoms with Crippen molar-refractivity contribution in [3.63, 3.8) is 0 Å². The van der Waals surface area contributed by atoms with Crippen molar-refractivity contribution in [1.82, 2.24) is 0 Å². The lowest BCUT2D eigenvalue weighted by atomic mass is 10.2. The van der Waals surface area contributed by atoms with E-state index in [9.17, 15) is 13.2 Å². The molecule has 0 saturated carbocycles. The van der Waals surface area contributed by atoms with Crippen molar-refractivity contribution in [3.05, 3.63) is 89.5 Å². The number of hydrogen-bond donors (Lipinski definition) is 0. The van der Waals surface area contributed by atoms with Crippen LogP contribution in [-0.4, -0.2) is 21.4 Å². The van der Waals surface area contributed by atoms with E-state index in [0.717, 1.165) is 9.87 Å². The first kappa shape index (κ1) is 20.1. The number of ether oxygens (including phenoxy) is 1. The molecule has 0 heterocycles. The number of benzene rings is 3. The van der Waals surface area contributed by atoms with Crippen LogP contribution >= 0.6 is 0 Å². The molecule has 0 aliphatic carbocycles. The molecular formula is C22H18N2O4S. The van der Waals surface area contributed by atoms with E-state index in [2.05, 4.69) is 0 Å². The zero-order chi connectivity index (χ0) is 21.0. The molecule has 29 heavy (non-hydrogen) atoms. The third-order valence-electron chi connectivity index (χ3n) is 4.32. The number of nitriles is 1. The molecule has 3 rings (SSSR count). The lowest BCUT2D eigenvalue weighted by molar-refractivity contribution is 0.0734. The Hall–Kier alpha value is -3.63. The highest BCUT2D eigenvalue weighted by molar-refractivity contribution is 7.92. The summed E-state index contributed by atoms with van der Waals surface area (Å²) < 4.78 is 32.4. The SMILES string of the molecule is Cc1ccc(N(C)S(=O)(=O)c2cccc(C(=O)Oc3ccc(C#N)cc3)c2)cc1. The van der Waals surface area contributed by atoms with Crippen LogP contribution in [0.25, 0.3) is 0 Å². The second-order valence-corrected chi connectivity index (χ2v) is 8.33. The van der Waals surface area contributed by atoms with Crippen LogP contribution in [0.15, 0.2) is 77.7 Å². The van der Waals surface area contributed by atoms with Crippen molar-refractivity contribution in [2.45, 2.75) is 11.8 Å². The molecule has 0 bridgehead atoms. The van der Waals surface area contributed by atoms with Gasteiger partial charge in [0.1, 0.15) is 5.75 Å². The van der Waals surface area contributed by atoms with Crippen LogP contribution in [0, 0.1) is 18.3 Å². The van der Waals surface area contributed by atoms with Crippen molar-refractivity contribution in [3.8, 4) is 11.8 Å². The highest BCUT2D eigenvalue weighted by Crippen LogP contribution is 2.23. The van der Waals surface area contributed by atoms with Crippen molar-refractivity contribution >= 4 is 21.7 Å². The van der Waals surface area contributed by atoms with Crippen molar-refractivity contribution in [1.29, 1.82) is 5.26 Å². The van der Waals surface area contributed by atoms with Gasteiger partial charge in [0.05, 0.1) is 27.8 Å². The molecule has 0 fully saturated rings. The number of rotatable bonds is 5. The number of nitrogens with zero attached hydrogens (tertiary/aromatic N) is 2. The standard InChI is InChI=1S/C22H18N2O4S/c1-16-6-10-19(11-7-16)24(2)29(26,27)21-5-3-4-18(14-21)22(25)28-20-12-8-17(15-23)9-13-20/h3-14H,1-2H3. The number of esters is 1. The van der Waals surface area contributed by atoms with E-state index in [1.807, 2.05) is 25.1 Å². The minimum Gasteiger partial charge on any atom is -0.423 e. The normalized spacial score (nSPS) is 10.8. The minimum atomic E-state index is -3.85. The van der Waals surface area contributed by atoms with E-state index in [4.69, 9.17) is 10.00 Å². The summed E-state index contributed by atoms with van der Waals surface area (Å²) in [6.45, 7) is 1.92. The maximum Gasteiger partial charge on any atom is 0.343 e. The van der Waals surface area contributed by atoms with Gasteiger partial charge in [0.15, 0.2) is 0 Å². The molecule has 0 aromatic heterocycles. The fraction of sp³-hybridized carbons (Fsp3) is 0.0909. The summed E-state index contributed by atoms with van der Waals surface area (Å²) in [4.78, 5) is 12.4. The average Bonchev–Trinajstić information content (AvgIpc) is 2.74. The third-order valence-corrected chi connectivity index (χ3v) is 6.10. The van der Waals surface area contributed by atoms with Gasteiger partial charge < -0.3 is 4.74 Å². The van der Waals surface area contributed by atoms with E-state index in [1.165, 1.54) is 55.6 Å². The Morgan fingerprint density at radius 2 is 1.66 bits per heavy atom. The number of sulfonamides is 1. The van der Waals surface area contributed by atoms with Gasteiger partial charge in [-0.05, 0) is 61.5 Å². The summed E-state index contributed by atoms with van der Waals surface area (Å²) in [5.41, 5.74) is 2.08. The number of anilines is 1. The zero-order valence-electron chi connectivity index (χ0n) is 15.9. The van der Waals surface area contributed by atoms with Gasteiger partial charge in [-0.3, -0.25) is 4.31 Å². The molecule has 0 atom stereocenters. The number of carbonyl (C=O) groups is 1. The number of carbonyl (C=O) groups excluding carboxylic acids is 1. The Balaban J connectivity index is 1.84. The summed E-state index contributed by atoms with van der Waals surface area (Å²) in [6, 6.07) is 20.8. The predicted molar refractivity (Wildman–Crippen MR) is 109 cm³/mol. The number of aryl methyl sites for hydroxylation is 1. The van der Waals surface area contributed by atoms with Crippen molar-refractivity contribution in [2.75, 3.05) is 11.4 Å². The van der Waals surface area contributed by atoms with Gasteiger partial charge in [-0.2, -0.15) is 5.26 Å². The van der Waals surface area contributed by atoms with E-state index >= 15 is 0 Å². The molecule has 7 heteroatoms. The zero-order valence-corrected chi connectivity index (χ0v) is 16.7. The first-order valence-electron chi connectivity index (χ1n) is 8.69. The highest BCUT2D eigenvalue weighted by atomic mass is 32.2. The largest absolute Gasteiger partial charge is 0.423 e.